The molecule has 0 bridgehead atoms. The number of carbonyl (C=O) groups excluding carboxylic acids is 2. The van der Waals surface area contributed by atoms with Crippen molar-refractivity contribution in [1.82, 2.24) is 9.88 Å². The van der Waals surface area contributed by atoms with Crippen LogP contribution in [0.25, 0.3) is 10.9 Å². The second-order valence-corrected chi connectivity index (χ2v) is 6.46. The first-order valence-corrected chi connectivity index (χ1v) is 9.44. The third-order valence-corrected chi connectivity index (χ3v) is 4.43. The molecule has 0 aliphatic heterocycles. The van der Waals surface area contributed by atoms with E-state index in [1.165, 1.54) is 6.08 Å². The minimum Gasteiger partial charge on any atom is -0.497 e. The lowest BCUT2D eigenvalue weighted by Crippen LogP contribution is -2.31. The fraction of sp³-hybridized carbons (Fsp3) is 0.217. The molecule has 0 radical (unpaired) electrons. The first-order valence-electron chi connectivity index (χ1n) is 9.44. The minimum absolute atomic E-state index is 0.155. The van der Waals surface area contributed by atoms with E-state index in [1.54, 1.807) is 25.0 Å². The number of hydrogen-bond donors (Lipinski definition) is 1. The van der Waals surface area contributed by atoms with Crippen LogP contribution in [-0.2, 0) is 16.1 Å². The number of benzene rings is 2. The van der Waals surface area contributed by atoms with Gasteiger partial charge >= 0.3 is 5.97 Å². The lowest BCUT2D eigenvalue weighted by molar-refractivity contribution is -0.137. The van der Waals surface area contributed by atoms with Crippen LogP contribution >= 0.6 is 0 Å². The van der Waals surface area contributed by atoms with Gasteiger partial charge < -0.3 is 19.4 Å². The van der Waals surface area contributed by atoms with Crippen LogP contribution in [0.15, 0.2) is 66.7 Å². The normalized spacial score (nSPS) is 11.0. The fourth-order valence-electron chi connectivity index (χ4n) is 3.01. The highest BCUT2D eigenvalue weighted by molar-refractivity contribution is 5.98. The van der Waals surface area contributed by atoms with E-state index in [9.17, 15) is 9.59 Å². The molecule has 1 N–H and O–H groups in total. The number of nitrogens with one attached hydrogen (secondary N) is 1. The molecule has 0 saturated heterocycles. The zero-order valence-corrected chi connectivity index (χ0v) is 16.6. The molecule has 29 heavy (non-hydrogen) atoms. The molecule has 0 unspecified atom stereocenters. The molecular weight excluding hydrogens is 368 g/mol. The van der Waals surface area contributed by atoms with E-state index >= 15 is 0 Å². The van der Waals surface area contributed by atoms with Crippen LogP contribution in [0.2, 0.25) is 0 Å². The van der Waals surface area contributed by atoms with Gasteiger partial charge in [-0.3, -0.25) is 4.79 Å². The number of hydrogen-bond acceptors (Lipinski definition) is 4. The third-order valence-electron chi connectivity index (χ3n) is 4.43. The van der Waals surface area contributed by atoms with Gasteiger partial charge in [0.05, 0.1) is 13.7 Å². The number of aromatic amines is 1. The van der Waals surface area contributed by atoms with E-state index in [-0.39, 0.29) is 12.5 Å². The molecule has 0 aliphatic rings. The Kier molecular flexibility index (Phi) is 6.68. The highest BCUT2D eigenvalue weighted by atomic mass is 16.5. The monoisotopic (exact) mass is 392 g/mol. The van der Waals surface area contributed by atoms with Gasteiger partial charge in [0.15, 0.2) is 0 Å². The van der Waals surface area contributed by atoms with Gasteiger partial charge in [-0.25, -0.2) is 4.79 Å². The van der Waals surface area contributed by atoms with Crippen molar-refractivity contribution in [3.63, 3.8) is 0 Å². The highest BCUT2D eigenvalue weighted by Crippen LogP contribution is 2.22. The maximum absolute atomic E-state index is 13.2. The topological polar surface area (TPSA) is 71.6 Å². The van der Waals surface area contributed by atoms with Crippen LogP contribution in [0.3, 0.4) is 0 Å². The number of carbonyl (C=O) groups is 2. The molecule has 3 rings (SSSR count). The molecule has 0 atom stereocenters. The standard InChI is InChI=1S/C23H24N2O4/c1-3-29-22(26)10-7-13-25(16-17-8-5-4-6-9-17)23(27)21-15-18-14-19(28-2)11-12-20(18)24-21/h4-12,14-15,24H,3,13,16H2,1-2H3/b10-7+. The first-order chi connectivity index (χ1) is 14.1. The zero-order chi connectivity index (χ0) is 20.6. The summed E-state index contributed by atoms with van der Waals surface area (Å²) in [7, 11) is 1.61. The number of aromatic nitrogens is 1. The van der Waals surface area contributed by atoms with Crippen molar-refractivity contribution in [2.24, 2.45) is 0 Å². The van der Waals surface area contributed by atoms with Crippen molar-refractivity contribution >= 4 is 22.8 Å². The van der Waals surface area contributed by atoms with Crippen molar-refractivity contribution in [2.75, 3.05) is 20.3 Å². The summed E-state index contributed by atoms with van der Waals surface area (Å²) in [5.74, 6) is 0.156. The summed E-state index contributed by atoms with van der Waals surface area (Å²) in [5.41, 5.74) is 2.34. The Morgan fingerprint density at radius 3 is 2.62 bits per heavy atom. The van der Waals surface area contributed by atoms with Gasteiger partial charge in [-0.05, 0) is 36.8 Å². The summed E-state index contributed by atoms with van der Waals surface area (Å²) in [6.07, 6.45) is 3.00. The Bertz CT molecular complexity index is 1010. The molecule has 1 aromatic heterocycles. The molecule has 3 aromatic rings. The Balaban J connectivity index is 1.83. The molecule has 1 amide bonds. The molecule has 0 fully saturated rings. The number of H-pyrrole nitrogens is 1. The molecule has 0 aliphatic carbocycles. The van der Waals surface area contributed by atoms with Gasteiger partial charge in [-0.15, -0.1) is 0 Å². The predicted molar refractivity (Wildman–Crippen MR) is 112 cm³/mol. The van der Waals surface area contributed by atoms with Crippen LogP contribution < -0.4 is 4.74 Å². The number of methoxy groups -OCH3 is 1. The number of amides is 1. The lowest BCUT2D eigenvalue weighted by atomic mass is 10.2. The average molecular weight is 392 g/mol. The second-order valence-electron chi connectivity index (χ2n) is 6.46. The maximum Gasteiger partial charge on any atom is 0.330 e. The highest BCUT2D eigenvalue weighted by Gasteiger charge is 2.18. The van der Waals surface area contributed by atoms with Crippen molar-refractivity contribution in [3.05, 3.63) is 78.0 Å². The molecule has 1 heterocycles. The van der Waals surface area contributed by atoms with Crippen molar-refractivity contribution in [3.8, 4) is 5.75 Å². The van der Waals surface area contributed by atoms with Gasteiger partial charge in [-0.1, -0.05) is 36.4 Å². The number of esters is 1. The summed E-state index contributed by atoms with van der Waals surface area (Å²) in [4.78, 5) is 29.6. The third kappa shape index (κ3) is 5.25. The molecule has 2 aromatic carbocycles. The molecule has 150 valence electrons. The van der Waals surface area contributed by atoms with E-state index in [2.05, 4.69) is 4.98 Å². The molecule has 6 heteroatoms. The largest absolute Gasteiger partial charge is 0.497 e. The number of ether oxygens (including phenoxy) is 2. The van der Waals surface area contributed by atoms with E-state index in [0.717, 1.165) is 22.2 Å². The zero-order valence-electron chi connectivity index (χ0n) is 16.6. The van der Waals surface area contributed by atoms with E-state index < -0.39 is 5.97 Å². The average Bonchev–Trinajstić information content (AvgIpc) is 3.16. The van der Waals surface area contributed by atoms with Gasteiger partial charge in [0.2, 0.25) is 0 Å². The van der Waals surface area contributed by atoms with Crippen LogP contribution in [0.1, 0.15) is 23.0 Å². The molecule has 0 saturated carbocycles. The summed E-state index contributed by atoms with van der Waals surface area (Å²) >= 11 is 0. The number of nitrogens with zero attached hydrogens (tertiary/aromatic N) is 1. The number of fused-ring (bicyclic) bond motifs is 1. The van der Waals surface area contributed by atoms with Crippen molar-refractivity contribution in [2.45, 2.75) is 13.5 Å². The quantitative estimate of drug-likeness (QED) is 0.466. The Hall–Kier alpha value is -3.54. The SMILES string of the molecule is CCOC(=O)/C=C/CN(Cc1ccccc1)C(=O)c1cc2cc(OC)ccc2[nH]1. The number of rotatable bonds is 8. The fourth-order valence-corrected chi connectivity index (χ4v) is 3.01. The maximum atomic E-state index is 13.2. The summed E-state index contributed by atoms with van der Waals surface area (Å²) < 4.78 is 10.2. The molecule has 6 nitrogen and oxygen atoms in total. The van der Waals surface area contributed by atoms with Gasteiger partial charge in [0.25, 0.3) is 5.91 Å². The van der Waals surface area contributed by atoms with Gasteiger partial charge in [0.1, 0.15) is 11.4 Å². The van der Waals surface area contributed by atoms with E-state index in [0.29, 0.717) is 18.8 Å². The Morgan fingerprint density at radius 2 is 1.90 bits per heavy atom. The van der Waals surface area contributed by atoms with Crippen molar-refractivity contribution in [1.29, 1.82) is 0 Å². The van der Waals surface area contributed by atoms with Gasteiger partial charge in [0, 0.05) is 30.1 Å². The van der Waals surface area contributed by atoms with Crippen LogP contribution in [0.4, 0.5) is 0 Å². The van der Waals surface area contributed by atoms with Crippen LogP contribution in [0.5, 0.6) is 5.75 Å². The van der Waals surface area contributed by atoms with Gasteiger partial charge in [-0.2, -0.15) is 0 Å². The van der Waals surface area contributed by atoms with Crippen molar-refractivity contribution < 1.29 is 19.1 Å². The first kappa shape index (κ1) is 20.2. The lowest BCUT2D eigenvalue weighted by Gasteiger charge is -2.20. The van der Waals surface area contributed by atoms with E-state index in [4.69, 9.17) is 9.47 Å². The Labute approximate surface area is 169 Å². The second kappa shape index (κ2) is 9.59. The molecule has 0 spiro atoms. The molecular formula is C23H24N2O4. The van der Waals surface area contributed by atoms with Crippen LogP contribution in [-0.4, -0.2) is 42.0 Å². The summed E-state index contributed by atoms with van der Waals surface area (Å²) in [5, 5.41) is 0.898. The smallest absolute Gasteiger partial charge is 0.330 e. The minimum atomic E-state index is -0.419. The summed E-state index contributed by atoms with van der Waals surface area (Å²) in [6.45, 7) is 2.77. The van der Waals surface area contributed by atoms with Crippen LogP contribution in [0, 0.1) is 0 Å². The van der Waals surface area contributed by atoms with E-state index in [1.807, 2.05) is 54.6 Å². The predicted octanol–water partition coefficient (Wildman–Crippen LogP) is 3.94. The Morgan fingerprint density at radius 1 is 1.10 bits per heavy atom. The summed E-state index contributed by atoms with van der Waals surface area (Å²) in [6, 6.07) is 17.1.